The number of nitrogens with two attached hydrogens (primary N) is 2. The van der Waals surface area contributed by atoms with Crippen molar-refractivity contribution in [3.63, 3.8) is 0 Å². The van der Waals surface area contributed by atoms with Crippen LogP contribution in [0.4, 0.5) is 11.9 Å². The predicted octanol–water partition coefficient (Wildman–Crippen LogP) is 2.65. The van der Waals surface area contributed by atoms with Gasteiger partial charge in [-0.1, -0.05) is 24.0 Å². The third-order valence-electron chi connectivity index (χ3n) is 12.3. The average molecular weight is 992 g/mol. The van der Waals surface area contributed by atoms with Gasteiger partial charge in [-0.15, -0.1) is 0 Å². The second-order valence-electron chi connectivity index (χ2n) is 17.0. The first kappa shape index (κ1) is 49.8. The lowest BCUT2D eigenvalue weighted by atomic mass is 9.99. The molecule has 71 heavy (non-hydrogen) atoms. The highest BCUT2D eigenvalue weighted by Gasteiger charge is 2.33. The zero-order chi connectivity index (χ0) is 50.6. The number of ether oxygens (including phenoxy) is 2. The lowest BCUT2D eigenvalue weighted by Gasteiger charge is -2.35. The highest BCUT2D eigenvalue weighted by Crippen LogP contribution is 2.33. The van der Waals surface area contributed by atoms with Crippen molar-refractivity contribution in [1.29, 1.82) is 0 Å². The minimum absolute atomic E-state index is 0.0570. The average Bonchev–Trinajstić information content (AvgIpc) is 4.13. The molecule has 0 unspecified atom stereocenters. The van der Waals surface area contributed by atoms with Crippen LogP contribution in [0.1, 0.15) is 79.8 Å². The van der Waals surface area contributed by atoms with E-state index in [2.05, 4.69) is 38.0 Å². The van der Waals surface area contributed by atoms with Gasteiger partial charge in [-0.2, -0.15) is 27.2 Å². The van der Waals surface area contributed by atoms with E-state index in [1.807, 2.05) is 26.0 Å². The molecule has 2 aliphatic rings. The van der Waals surface area contributed by atoms with E-state index in [1.165, 1.54) is 40.0 Å². The van der Waals surface area contributed by atoms with Crippen molar-refractivity contribution < 1.29 is 37.1 Å². The summed E-state index contributed by atoms with van der Waals surface area (Å²) in [5.41, 5.74) is 15.2. The van der Waals surface area contributed by atoms with Crippen molar-refractivity contribution in [3.05, 3.63) is 82.5 Å². The summed E-state index contributed by atoms with van der Waals surface area (Å²) in [6.45, 7) is 11.2. The number of aromatic nitrogens is 8. The molecule has 0 aliphatic carbocycles. The molecule has 0 spiro atoms. The van der Waals surface area contributed by atoms with Crippen LogP contribution in [-0.2, 0) is 36.4 Å². The molecule has 0 atom stereocenters. The number of methoxy groups -OCH3 is 1. The number of hydrogen-bond acceptors (Lipinski definition) is 13. The van der Waals surface area contributed by atoms with Crippen molar-refractivity contribution >= 4 is 67.8 Å². The van der Waals surface area contributed by atoms with E-state index in [0.717, 1.165) is 0 Å². The number of nitrogens with zero attached hydrogens (tertiary/aromatic N) is 10. The Morgan fingerprint density at radius 3 is 1.70 bits per heavy atom. The third kappa shape index (κ3) is 10.6. The normalized spacial score (nSPS) is 15.0. The summed E-state index contributed by atoms with van der Waals surface area (Å²) >= 11 is 0. The van der Waals surface area contributed by atoms with Crippen LogP contribution < -0.4 is 36.9 Å². The number of fused-ring (bicyclic) bond motifs is 2. The topological polar surface area (TPSA) is 287 Å². The summed E-state index contributed by atoms with van der Waals surface area (Å²) in [5.74, 6) is 4.72. The maximum atomic E-state index is 13.9. The molecule has 4 aromatic heterocycles. The van der Waals surface area contributed by atoms with Crippen molar-refractivity contribution in [2.45, 2.75) is 66.7 Å². The number of carbonyl (C=O) groups is 4. The Bertz CT molecular complexity index is 3230. The second kappa shape index (κ2) is 21.2. The zero-order valence-electron chi connectivity index (χ0n) is 40.2. The number of piperidine rings is 1. The predicted molar refractivity (Wildman–Crippen MR) is 264 cm³/mol. The number of rotatable bonds is 17. The van der Waals surface area contributed by atoms with E-state index in [4.69, 9.17) is 30.9 Å². The standard InChI is InChI=1S/C47H57N15O8S/c1-6-61-36(23-29(3)55-61)44(65)53-46-51-34-25-32(42(48)63)27-38(69-5)40(34)59(46)16-8-9-17-60-41-35(52-47(60)54-45(66)37-24-30(4)56-62(37)7-2)26-33(43(49)64)28-39(41)70-22-10-11-31-12-18-57(19-13-31)71(67,68)58-20-14-50-15-21-58/h8-9,23-28,31,50H,6-7,12-22H2,1-5H3,(H2,48,63)(H2,49,64)(H,51,53,65)(H,52,54,66)/b9-8+. The zero-order valence-corrected chi connectivity index (χ0v) is 41.0. The highest BCUT2D eigenvalue weighted by molar-refractivity contribution is 7.86. The largest absolute Gasteiger partial charge is 0.494 e. The molecule has 4 amide bonds. The first-order chi connectivity index (χ1) is 34.1. The fourth-order valence-electron chi connectivity index (χ4n) is 8.76. The van der Waals surface area contributed by atoms with Crippen LogP contribution in [-0.4, -0.2) is 132 Å². The van der Waals surface area contributed by atoms with Gasteiger partial charge in [0.15, 0.2) is 0 Å². The minimum Gasteiger partial charge on any atom is -0.494 e. The van der Waals surface area contributed by atoms with Crippen LogP contribution in [0.15, 0.2) is 48.6 Å². The fraction of sp³-hybridized carbons (Fsp3) is 0.404. The smallest absolute Gasteiger partial charge is 0.282 e. The molecule has 0 radical (unpaired) electrons. The maximum Gasteiger partial charge on any atom is 0.282 e. The summed E-state index contributed by atoms with van der Waals surface area (Å²) in [4.78, 5) is 62.1. The third-order valence-corrected chi connectivity index (χ3v) is 14.3. The molecule has 2 aromatic carbocycles. The minimum atomic E-state index is -3.55. The van der Waals surface area contributed by atoms with Crippen LogP contribution in [0.2, 0.25) is 0 Å². The molecule has 0 saturated carbocycles. The van der Waals surface area contributed by atoms with Crippen LogP contribution in [0.5, 0.6) is 11.5 Å². The number of amides is 4. The summed E-state index contributed by atoms with van der Waals surface area (Å²) in [5, 5.41) is 17.9. The second-order valence-corrected chi connectivity index (χ2v) is 18.9. The van der Waals surface area contributed by atoms with E-state index >= 15 is 0 Å². The van der Waals surface area contributed by atoms with E-state index in [0.29, 0.717) is 116 Å². The molecule has 6 aromatic rings. The summed E-state index contributed by atoms with van der Waals surface area (Å²) < 4.78 is 48.1. The van der Waals surface area contributed by atoms with Gasteiger partial charge in [0, 0.05) is 82.5 Å². The number of aryl methyl sites for hydroxylation is 4. The summed E-state index contributed by atoms with van der Waals surface area (Å²) in [6.07, 6.45) is 4.75. The molecule has 2 aliphatic heterocycles. The number of primary amides is 2. The van der Waals surface area contributed by atoms with Gasteiger partial charge >= 0.3 is 0 Å². The number of benzene rings is 2. The molecule has 2 fully saturated rings. The molecule has 7 N–H and O–H groups in total. The van der Waals surface area contributed by atoms with Gasteiger partial charge in [-0.25, -0.2) is 9.97 Å². The van der Waals surface area contributed by atoms with Gasteiger partial charge in [0.1, 0.15) is 40.5 Å². The summed E-state index contributed by atoms with van der Waals surface area (Å²) in [6, 6.07) is 9.38. The first-order valence-corrected chi connectivity index (χ1v) is 24.7. The van der Waals surface area contributed by atoms with Gasteiger partial charge in [0.05, 0.1) is 29.5 Å². The Balaban J connectivity index is 1.10. The Labute approximate surface area is 409 Å². The monoisotopic (exact) mass is 991 g/mol. The molecule has 8 rings (SSSR count). The SMILES string of the molecule is CCn1nc(C)cc1C(=O)Nc1nc2cc(C(N)=O)cc(OC)c2n1C/C=C/Cn1c(NC(=O)c2cc(C)nn2CC)nc2cc(C(N)=O)cc(OCC#CC3CCN(S(=O)(=O)N4CCNCC4)CC3)c21. The number of allylic oxidation sites excluding steroid dienone is 2. The highest BCUT2D eigenvalue weighted by atomic mass is 32.2. The van der Waals surface area contributed by atoms with Crippen LogP contribution in [0.3, 0.4) is 0 Å². The van der Waals surface area contributed by atoms with Gasteiger partial charge in [0.2, 0.25) is 23.7 Å². The van der Waals surface area contributed by atoms with Gasteiger partial charge in [0.25, 0.3) is 22.0 Å². The molecule has 6 heterocycles. The molecular weight excluding hydrogens is 935 g/mol. The van der Waals surface area contributed by atoms with Crippen molar-refractivity contribution in [1.82, 2.24) is 52.6 Å². The van der Waals surface area contributed by atoms with Gasteiger partial charge in [-0.05, 0) is 76.9 Å². The van der Waals surface area contributed by atoms with E-state index in [-0.39, 0.29) is 54.4 Å². The molecule has 23 nitrogen and oxygen atoms in total. The van der Waals surface area contributed by atoms with Crippen molar-refractivity contribution in [2.24, 2.45) is 17.4 Å². The summed E-state index contributed by atoms with van der Waals surface area (Å²) in [7, 11) is -2.10. The van der Waals surface area contributed by atoms with Crippen LogP contribution in [0, 0.1) is 31.6 Å². The van der Waals surface area contributed by atoms with Gasteiger partial charge < -0.3 is 35.4 Å². The molecule has 24 heteroatoms. The number of imidazole rings is 2. The van der Waals surface area contributed by atoms with Crippen LogP contribution >= 0.6 is 0 Å². The van der Waals surface area contributed by atoms with Crippen LogP contribution in [0.25, 0.3) is 22.1 Å². The Kier molecular flexibility index (Phi) is 14.9. The van der Waals surface area contributed by atoms with Gasteiger partial charge in [-0.3, -0.25) is 39.2 Å². The fourth-order valence-corrected chi connectivity index (χ4v) is 10.4. The number of anilines is 2. The molecule has 374 valence electrons. The number of piperazine rings is 1. The molecule has 0 bridgehead atoms. The first-order valence-electron chi connectivity index (χ1n) is 23.3. The van der Waals surface area contributed by atoms with Crippen molar-refractivity contribution in [2.75, 3.05) is 63.6 Å². The van der Waals surface area contributed by atoms with E-state index < -0.39 is 33.8 Å². The maximum absolute atomic E-state index is 13.9. The number of hydrogen-bond donors (Lipinski definition) is 5. The lowest BCUT2D eigenvalue weighted by molar-refractivity contribution is 0.0991. The van der Waals surface area contributed by atoms with Crippen molar-refractivity contribution in [3.8, 4) is 23.3 Å². The van der Waals surface area contributed by atoms with E-state index in [1.54, 1.807) is 44.5 Å². The van der Waals surface area contributed by atoms with E-state index in [9.17, 15) is 27.6 Å². The Morgan fingerprint density at radius 1 is 0.746 bits per heavy atom. The lowest BCUT2D eigenvalue weighted by Crippen LogP contribution is -2.53. The Hall–Kier alpha value is -7.59. The quantitative estimate of drug-likeness (QED) is 0.0650. The number of nitrogens with one attached hydrogen (secondary N) is 3. The number of carbonyl (C=O) groups excluding carboxylic acids is 4. The molecule has 2 saturated heterocycles. The molecular formula is C47H57N15O8S. The Morgan fingerprint density at radius 2 is 1.23 bits per heavy atom.